The highest BCUT2D eigenvalue weighted by atomic mass is 79.9. The second-order valence-corrected chi connectivity index (χ2v) is 3.21. The van der Waals surface area contributed by atoms with Crippen molar-refractivity contribution in [3.05, 3.63) is 15.5 Å². The van der Waals surface area contributed by atoms with Crippen LogP contribution in [0.5, 0.6) is 0 Å². The number of aliphatic imine (C=N–C) groups is 1. The summed E-state index contributed by atoms with van der Waals surface area (Å²) in [5.74, 6) is 0.356. The predicted octanol–water partition coefficient (Wildman–Crippen LogP) is 1.84. The Labute approximate surface area is 88.0 Å². The molecule has 0 saturated heterocycles. The minimum Gasteiger partial charge on any atom is -0.290 e. The van der Waals surface area contributed by atoms with Crippen LogP contribution in [-0.4, -0.2) is 21.5 Å². The summed E-state index contributed by atoms with van der Waals surface area (Å²) in [6, 6.07) is 0. The third-order valence-electron chi connectivity index (χ3n) is 1.21. The number of halogens is 2. The molecule has 0 unspecified atom stereocenters. The molecule has 1 heterocycles. The smallest absolute Gasteiger partial charge is 0.176 e. The maximum Gasteiger partial charge on any atom is 0.176 e. The average Bonchev–Trinajstić information content (AvgIpc) is 2.09. The Balaban J connectivity index is 3.08. The molecule has 1 aromatic heterocycles. The van der Waals surface area contributed by atoms with Gasteiger partial charge in [-0.2, -0.15) is 0 Å². The lowest BCUT2D eigenvalue weighted by Gasteiger charge is -2.00. The van der Waals surface area contributed by atoms with Crippen molar-refractivity contribution in [1.29, 1.82) is 0 Å². The summed E-state index contributed by atoms with van der Waals surface area (Å²) in [6.07, 6.45) is 1.08. The predicted molar refractivity (Wildman–Crippen MR) is 52.6 cm³/mol. The van der Waals surface area contributed by atoms with Crippen LogP contribution in [0.3, 0.4) is 0 Å². The first-order chi connectivity index (χ1) is 6.15. The molecular formula is C6H6BrClN4O. The minimum atomic E-state index is 0.232. The molecule has 5 nitrogen and oxygen atoms in total. The highest BCUT2D eigenvalue weighted by Crippen LogP contribution is 2.22. The number of rotatable bonds is 2. The van der Waals surface area contributed by atoms with Gasteiger partial charge in [0.2, 0.25) is 0 Å². The van der Waals surface area contributed by atoms with Crippen molar-refractivity contribution in [2.45, 2.75) is 6.92 Å². The highest BCUT2D eigenvalue weighted by molar-refractivity contribution is 9.10. The van der Waals surface area contributed by atoms with E-state index < -0.39 is 0 Å². The Morgan fingerprint density at radius 3 is 2.92 bits per heavy atom. The van der Waals surface area contributed by atoms with E-state index in [0.717, 1.165) is 6.34 Å². The van der Waals surface area contributed by atoms with Gasteiger partial charge in [0.15, 0.2) is 11.0 Å². The standard InChI is InChI=1S/C6H6BrClN4O/c1-3-6(9-2-10-13)12-5(8)4(7)11-3/h2,13H,1H3,(H,9,10,12). The van der Waals surface area contributed by atoms with Crippen molar-refractivity contribution < 1.29 is 5.21 Å². The lowest BCUT2D eigenvalue weighted by atomic mass is 10.4. The van der Waals surface area contributed by atoms with Crippen molar-refractivity contribution in [1.82, 2.24) is 15.4 Å². The van der Waals surface area contributed by atoms with Gasteiger partial charge in [-0.25, -0.2) is 15.0 Å². The minimum absolute atomic E-state index is 0.232. The molecule has 0 aliphatic heterocycles. The largest absolute Gasteiger partial charge is 0.290 e. The van der Waals surface area contributed by atoms with Gasteiger partial charge in [-0.1, -0.05) is 11.6 Å². The lowest BCUT2D eigenvalue weighted by molar-refractivity contribution is 0.240. The van der Waals surface area contributed by atoms with E-state index in [2.05, 4.69) is 30.9 Å². The Bertz CT molecular complexity index is 344. The van der Waals surface area contributed by atoms with Gasteiger partial charge in [0, 0.05) is 0 Å². The molecule has 0 bridgehead atoms. The molecule has 0 aromatic carbocycles. The van der Waals surface area contributed by atoms with Crippen molar-refractivity contribution >= 4 is 39.7 Å². The van der Waals surface area contributed by atoms with Gasteiger partial charge in [0.05, 0.1) is 5.69 Å². The van der Waals surface area contributed by atoms with E-state index in [9.17, 15) is 0 Å². The van der Waals surface area contributed by atoms with E-state index in [1.54, 1.807) is 12.4 Å². The van der Waals surface area contributed by atoms with Crippen LogP contribution in [0.25, 0.3) is 0 Å². The molecule has 13 heavy (non-hydrogen) atoms. The zero-order chi connectivity index (χ0) is 9.84. The Kier molecular flexibility index (Phi) is 3.58. The molecule has 1 rings (SSSR count). The molecule has 1 aromatic rings. The topological polar surface area (TPSA) is 70.4 Å². The van der Waals surface area contributed by atoms with Gasteiger partial charge < -0.3 is 0 Å². The Morgan fingerprint density at radius 2 is 2.31 bits per heavy atom. The molecule has 0 amide bonds. The summed E-state index contributed by atoms with van der Waals surface area (Å²) in [4.78, 5) is 11.7. The lowest BCUT2D eigenvalue weighted by Crippen LogP contribution is -2.02. The number of aryl methyl sites for hydroxylation is 1. The van der Waals surface area contributed by atoms with Crippen molar-refractivity contribution in [2.24, 2.45) is 4.99 Å². The monoisotopic (exact) mass is 264 g/mol. The van der Waals surface area contributed by atoms with Crippen LogP contribution >= 0.6 is 27.5 Å². The quantitative estimate of drug-likeness (QED) is 0.486. The summed E-state index contributed by atoms with van der Waals surface area (Å²) < 4.78 is 0.475. The molecule has 2 N–H and O–H groups in total. The number of hydrogen-bond acceptors (Lipinski definition) is 4. The van der Waals surface area contributed by atoms with Crippen molar-refractivity contribution in [3.63, 3.8) is 0 Å². The maximum absolute atomic E-state index is 8.25. The number of hydroxylamine groups is 1. The summed E-state index contributed by atoms with van der Waals surface area (Å²) in [5, 5.41) is 8.48. The van der Waals surface area contributed by atoms with E-state index in [1.807, 2.05) is 0 Å². The molecule has 70 valence electrons. The first-order valence-corrected chi connectivity index (χ1v) is 4.44. The molecule has 0 atom stereocenters. The van der Waals surface area contributed by atoms with Crippen molar-refractivity contribution in [3.8, 4) is 0 Å². The number of hydrogen-bond donors (Lipinski definition) is 2. The fourth-order valence-corrected chi connectivity index (χ4v) is 1.15. The molecular weight excluding hydrogens is 259 g/mol. The Morgan fingerprint density at radius 1 is 1.62 bits per heavy atom. The summed E-state index contributed by atoms with van der Waals surface area (Å²) in [5.41, 5.74) is 2.38. The van der Waals surface area contributed by atoms with E-state index >= 15 is 0 Å². The van der Waals surface area contributed by atoms with Crippen LogP contribution < -0.4 is 5.48 Å². The van der Waals surface area contributed by atoms with E-state index in [0.29, 0.717) is 16.1 Å². The number of nitrogens with one attached hydrogen (secondary N) is 1. The van der Waals surface area contributed by atoms with Crippen LogP contribution in [0, 0.1) is 6.92 Å². The number of nitrogens with zero attached hydrogens (tertiary/aromatic N) is 3. The summed E-state index contributed by atoms with van der Waals surface area (Å²) in [7, 11) is 0. The molecule has 7 heteroatoms. The molecule has 0 aliphatic carbocycles. The second kappa shape index (κ2) is 4.50. The van der Waals surface area contributed by atoms with Gasteiger partial charge >= 0.3 is 0 Å². The fraction of sp³-hybridized carbons (Fsp3) is 0.167. The van der Waals surface area contributed by atoms with Crippen molar-refractivity contribution in [2.75, 3.05) is 0 Å². The molecule has 0 spiro atoms. The van der Waals surface area contributed by atoms with Gasteiger partial charge in [0.25, 0.3) is 0 Å². The summed E-state index contributed by atoms with van der Waals surface area (Å²) >= 11 is 8.81. The summed E-state index contributed by atoms with van der Waals surface area (Å²) in [6.45, 7) is 1.73. The van der Waals surface area contributed by atoms with Gasteiger partial charge in [-0.3, -0.25) is 10.7 Å². The molecule has 0 saturated carbocycles. The van der Waals surface area contributed by atoms with E-state index in [-0.39, 0.29) is 5.15 Å². The fourth-order valence-electron chi connectivity index (χ4n) is 0.676. The van der Waals surface area contributed by atoms with Crippen LogP contribution in [-0.2, 0) is 0 Å². The van der Waals surface area contributed by atoms with Gasteiger partial charge in [0.1, 0.15) is 10.9 Å². The van der Waals surface area contributed by atoms with Crippen LogP contribution in [0.15, 0.2) is 9.60 Å². The third kappa shape index (κ3) is 2.61. The second-order valence-electron chi connectivity index (χ2n) is 2.10. The zero-order valence-corrected chi connectivity index (χ0v) is 8.96. The van der Waals surface area contributed by atoms with Crippen LogP contribution in [0.1, 0.15) is 5.69 Å². The van der Waals surface area contributed by atoms with E-state index in [1.165, 1.54) is 0 Å². The molecule has 0 fully saturated rings. The normalized spacial score (nSPS) is 10.8. The average molecular weight is 265 g/mol. The molecule has 0 aliphatic rings. The zero-order valence-electron chi connectivity index (χ0n) is 6.62. The van der Waals surface area contributed by atoms with Crippen LogP contribution in [0.2, 0.25) is 5.15 Å². The number of aromatic nitrogens is 2. The van der Waals surface area contributed by atoms with Crippen LogP contribution in [0.4, 0.5) is 5.82 Å². The first-order valence-electron chi connectivity index (χ1n) is 3.27. The highest BCUT2D eigenvalue weighted by Gasteiger charge is 2.05. The Hall–Kier alpha value is -0.720. The third-order valence-corrected chi connectivity index (χ3v) is 2.25. The SMILES string of the molecule is Cc1nc(Br)c(Cl)nc1/N=C/NO. The molecule has 0 radical (unpaired) electrons. The van der Waals surface area contributed by atoms with Gasteiger partial charge in [-0.15, -0.1) is 0 Å². The van der Waals surface area contributed by atoms with E-state index in [4.69, 9.17) is 16.8 Å². The first kappa shape index (κ1) is 10.4. The maximum atomic E-state index is 8.25. The van der Waals surface area contributed by atoms with Gasteiger partial charge in [-0.05, 0) is 22.9 Å².